The fourth-order valence-corrected chi connectivity index (χ4v) is 2.28. The fraction of sp³-hybridized carbons (Fsp3) is 0.417. The first-order chi connectivity index (χ1) is 7.04. The van der Waals surface area contributed by atoms with Gasteiger partial charge in [-0.25, -0.2) is 4.79 Å². The number of carbonyl (C=O) groups excluding carboxylic acids is 1. The first kappa shape index (κ1) is 9.94. The topological polar surface area (TPSA) is 32.7 Å². The summed E-state index contributed by atoms with van der Waals surface area (Å²) in [6.07, 6.45) is 1.58. The van der Waals surface area contributed by atoms with Crippen molar-refractivity contribution in [3.63, 3.8) is 0 Å². The SMILES string of the molecule is CN1CC(C)(C)c2cc(N=C=O)ccc21. The van der Waals surface area contributed by atoms with Gasteiger partial charge in [0, 0.05) is 24.7 Å². The second-order valence-corrected chi connectivity index (χ2v) is 4.64. The van der Waals surface area contributed by atoms with E-state index in [4.69, 9.17) is 0 Å². The maximum Gasteiger partial charge on any atom is 0.240 e. The lowest BCUT2D eigenvalue weighted by Crippen LogP contribution is -2.24. The fourth-order valence-electron chi connectivity index (χ4n) is 2.28. The highest BCUT2D eigenvalue weighted by Gasteiger charge is 2.33. The molecule has 0 radical (unpaired) electrons. The molecule has 0 saturated heterocycles. The summed E-state index contributed by atoms with van der Waals surface area (Å²) < 4.78 is 0. The van der Waals surface area contributed by atoms with Crippen molar-refractivity contribution in [2.24, 2.45) is 4.99 Å². The molecule has 1 aliphatic heterocycles. The first-order valence-electron chi connectivity index (χ1n) is 4.98. The second kappa shape index (κ2) is 3.21. The van der Waals surface area contributed by atoms with Crippen LogP contribution in [0.3, 0.4) is 0 Å². The Labute approximate surface area is 89.4 Å². The molecule has 1 aromatic rings. The third-order valence-electron chi connectivity index (χ3n) is 2.93. The van der Waals surface area contributed by atoms with E-state index in [1.54, 1.807) is 6.08 Å². The molecule has 15 heavy (non-hydrogen) atoms. The van der Waals surface area contributed by atoms with Crippen molar-refractivity contribution in [2.45, 2.75) is 19.3 Å². The molecule has 0 amide bonds. The van der Waals surface area contributed by atoms with Gasteiger partial charge in [0.2, 0.25) is 6.08 Å². The van der Waals surface area contributed by atoms with Crippen LogP contribution in [-0.4, -0.2) is 19.7 Å². The Morgan fingerprint density at radius 1 is 1.47 bits per heavy atom. The summed E-state index contributed by atoms with van der Waals surface area (Å²) in [5, 5.41) is 0. The molecule has 1 heterocycles. The molecule has 0 atom stereocenters. The van der Waals surface area contributed by atoms with Crippen LogP contribution >= 0.6 is 0 Å². The van der Waals surface area contributed by atoms with Gasteiger partial charge >= 0.3 is 0 Å². The number of aliphatic imine (C=N–C) groups is 1. The minimum absolute atomic E-state index is 0.124. The van der Waals surface area contributed by atoms with E-state index in [-0.39, 0.29) is 5.41 Å². The van der Waals surface area contributed by atoms with Crippen molar-refractivity contribution in [3.8, 4) is 0 Å². The molecule has 78 valence electrons. The zero-order valence-corrected chi connectivity index (χ0v) is 9.24. The first-order valence-corrected chi connectivity index (χ1v) is 4.98. The van der Waals surface area contributed by atoms with Gasteiger partial charge in [-0.2, -0.15) is 4.99 Å². The highest BCUT2D eigenvalue weighted by atomic mass is 16.1. The summed E-state index contributed by atoms with van der Waals surface area (Å²) in [5.41, 5.74) is 3.29. The highest BCUT2D eigenvalue weighted by molar-refractivity contribution is 5.66. The van der Waals surface area contributed by atoms with Crippen LogP contribution in [0.25, 0.3) is 0 Å². The molecule has 0 bridgehead atoms. The van der Waals surface area contributed by atoms with E-state index >= 15 is 0 Å². The predicted octanol–water partition coefficient (Wildman–Crippen LogP) is 2.38. The third kappa shape index (κ3) is 1.55. The van der Waals surface area contributed by atoms with Crippen molar-refractivity contribution in [3.05, 3.63) is 23.8 Å². The lowest BCUT2D eigenvalue weighted by molar-refractivity contribution is 0.562. The van der Waals surface area contributed by atoms with Crippen LogP contribution in [0.15, 0.2) is 23.2 Å². The Morgan fingerprint density at radius 2 is 2.20 bits per heavy atom. The molecular formula is C12H14N2O. The van der Waals surface area contributed by atoms with E-state index < -0.39 is 0 Å². The van der Waals surface area contributed by atoms with Crippen molar-refractivity contribution in [1.29, 1.82) is 0 Å². The third-order valence-corrected chi connectivity index (χ3v) is 2.93. The van der Waals surface area contributed by atoms with Gasteiger partial charge in [0.05, 0.1) is 5.69 Å². The van der Waals surface area contributed by atoms with Gasteiger partial charge in [-0.15, -0.1) is 0 Å². The maximum absolute atomic E-state index is 10.2. The van der Waals surface area contributed by atoms with Gasteiger partial charge in [-0.1, -0.05) is 13.8 Å². The smallest absolute Gasteiger partial charge is 0.240 e. The van der Waals surface area contributed by atoms with E-state index in [1.165, 1.54) is 11.3 Å². The number of hydrogen-bond acceptors (Lipinski definition) is 3. The molecule has 0 fully saturated rings. The highest BCUT2D eigenvalue weighted by Crippen LogP contribution is 2.41. The lowest BCUT2D eigenvalue weighted by Gasteiger charge is -2.18. The van der Waals surface area contributed by atoms with Crippen LogP contribution in [0.4, 0.5) is 11.4 Å². The van der Waals surface area contributed by atoms with Crippen molar-refractivity contribution >= 4 is 17.5 Å². The van der Waals surface area contributed by atoms with Crippen molar-refractivity contribution in [2.75, 3.05) is 18.5 Å². The zero-order chi connectivity index (χ0) is 11.1. The standard InChI is InChI=1S/C12H14N2O/c1-12(2)7-14(3)11-5-4-9(13-8-15)6-10(11)12/h4-6H,7H2,1-3H3. The normalized spacial score (nSPS) is 17.1. The molecule has 1 aromatic carbocycles. The second-order valence-electron chi connectivity index (χ2n) is 4.64. The Bertz CT molecular complexity index is 445. The van der Waals surface area contributed by atoms with Gasteiger partial charge in [0.1, 0.15) is 0 Å². The van der Waals surface area contributed by atoms with Crippen LogP contribution in [0.2, 0.25) is 0 Å². The molecule has 3 heteroatoms. The molecule has 0 aromatic heterocycles. The van der Waals surface area contributed by atoms with Gasteiger partial charge in [0.25, 0.3) is 0 Å². The van der Waals surface area contributed by atoms with Crippen LogP contribution < -0.4 is 4.90 Å². The molecule has 0 aliphatic carbocycles. The number of anilines is 1. The molecule has 0 spiro atoms. The number of hydrogen-bond donors (Lipinski definition) is 0. The number of benzene rings is 1. The van der Waals surface area contributed by atoms with Crippen LogP contribution in [0.5, 0.6) is 0 Å². The summed E-state index contributed by atoms with van der Waals surface area (Å²) in [4.78, 5) is 16.1. The predicted molar refractivity (Wildman–Crippen MR) is 60.5 cm³/mol. The summed E-state index contributed by atoms with van der Waals surface area (Å²) in [7, 11) is 2.08. The molecular weight excluding hydrogens is 188 g/mol. The number of likely N-dealkylation sites (N-methyl/N-ethyl adjacent to an activating group) is 1. The monoisotopic (exact) mass is 202 g/mol. The number of fused-ring (bicyclic) bond motifs is 1. The molecule has 3 nitrogen and oxygen atoms in total. The average molecular weight is 202 g/mol. The van der Waals surface area contributed by atoms with Crippen molar-refractivity contribution < 1.29 is 4.79 Å². The molecule has 2 rings (SSSR count). The van der Waals surface area contributed by atoms with E-state index in [0.717, 1.165) is 6.54 Å². The van der Waals surface area contributed by atoms with Crippen LogP contribution in [0, 0.1) is 0 Å². The molecule has 0 N–H and O–H groups in total. The number of nitrogens with zero attached hydrogens (tertiary/aromatic N) is 2. The lowest BCUT2D eigenvalue weighted by atomic mass is 9.87. The van der Waals surface area contributed by atoms with E-state index in [2.05, 4.69) is 30.8 Å². The Hall–Kier alpha value is -1.60. The van der Waals surface area contributed by atoms with E-state index in [9.17, 15) is 4.79 Å². The summed E-state index contributed by atoms with van der Waals surface area (Å²) in [6.45, 7) is 5.39. The van der Waals surface area contributed by atoms with Gasteiger partial charge in [-0.3, -0.25) is 0 Å². The maximum atomic E-state index is 10.2. The summed E-state index contributed by atoms with van der Waals surface area (Å²) in [6, 6.07) is 5.84. The van der Waals surface area contributed by atoms with E-state index in [1.807, 2.05) is 18.2 Å². The molecule has 0 unspecified atom stereocenters. The Morgan fingerprint density at radius 3 is 2.87 bits per heavy atom. The molecule has 1 aliphatic rings. The Kier molecular flexibility index (Phi) is 2.13. The zero-order valence-electron chi connectivity index (χ0n) is 9.24. The Balaban J connectivity index is 2.57. The van der Waals surface area contributed by atoms with Gasteiger partial charge in [0.15, 0.2) is 0 Å². The minimum Gasteiger partial charge on any atom is -0.373 e. The van der Waals surface area contributed by atoms with E-state index in [0.29, 0.717) is 5.69 Å². The summed E-state index contributed by atoms with van der Waals surface area (Å²) in [5.74, 6) is 0. The minimum atomic E-state index is 0.124. The van der Waals surface area contributed by atoms with Gasteiger partial charge in [-0.05, 0) is 23.8 Å². The largest absolute Gasteiger partial charge is 0.373 e. The van der Waals surface area contributed by atoms with Crippen LogP contribution in [-0.2, 0) is 10.2 Å². The number of isocyanates is 1. The van der Waals surface area contributed by atoms with Crippen LogP contribution in [0.1, 0.15) is 19.4 Å². The number of rotatable bonds is 1. The average Bonchev–Trinajstić information content (AvgIpc) is 2.38. The van der Waals surface area contributed by atoms with Gasteiger partial charge < -0.3 is 4.90 Å². The van der Waals surface area contributed by atoms with Crippen molar-refractivity contribution in [1.82, 2.24) is 0 Å². The molecule has 0 saturated carbocycles. The quantitative estimate of drug-likeness (QED) is 0.517. The summed E-state index contributed by atoms with van der Waals surface area (Å²) >= 11 is 0.